The molecule has 0 spiro atoms. The van der Waals surface area contributed by atoms with Crippen molar-refractivity contribution in [3.05, 3.63) is 82.4 Å². The predicted molar refractivity (Wildman–Crippen MR) is 192 cm³/mol. The van der Waals surface area contributed by atoms with Gasteiger partial charge >= 0.3 is 0 Å². The van der Waals surface area contributed by atoms with E-state index in [1.165, 1.54) is 10.9 Å². The third-order valence-corrected chi connectivity index (χ3v) is 9.59. The van der Waals surface area contributed by atoms with Crippen LogP contribution in [0, 0.1) is 0 Å². The first-order valence-electron chi connectivity index (χ1n) is 17.7. The van der Waals surface area contributed by atoms with Crippen molar-refractivity contribution in [2.24, 2.45) is 7.05 Å². The highest BCUT2D eigenvalue weighted by molar-refractivity contribution is 5.89. The summed E-state index contributed by atoms with van der Waals surface area (Å²) >= 11 is 0. The van der Waals surface area contributed by atoms with Gasteiger partial charge in [-0.25, -0.2) is 4.98 Å². The molecule has 0 aliphatic carbocycles. The van der Waals surface area contributed by atoms with Crippen LogP contribution in [0.2, 0.25) is 0 Å². The summed E-state index contributed by atoms with van der Waals surface area (Å²) in [6.45, 7) is 7.36. The van der Waals surface area contributed by atoms with Crippen molar-refractivity contribution in [1.82, 2.24) is 34.9 Å². The number of benzene rings is 2. The van der Waals surface area contributed by atoms with Gasteiger partial charge in [-0.1, -0.05) is 81.3 Å². The van der Waals surface area contributed by atoms with E-state index in [0.29, 0.717) is 57.4 Å². The van der Waals surface area contributed by atoms with Crippen LogP contribution >= 0.6 is 0 Å². The molecule has 1 aliphatic rings. The van der Waals surface area contributed by atoms with Crippen molar-refractivity contribution in [3.8, 4) is 11.3 Å². The van der Waals surface area contributed by atoms with Crippen LogP contribution in [0.25, 0.3) is 22.3 Å². The van der Waals surface area contributed by atoms with E-state index in [1.807, 2.05) is 59.5 Å². The van der Waals surface area contributed by atoms with E-state index in [4.69, 9.17) is 0 Å². The van der Waals surface area contributed by atoms with Crippen LogP contribution in [0.15, 0.2) is 65.7 Å². The lowest BCUT2D eigenvalue weighted by Gasteiger charge is -2.38. The first-order chi connectivity index (χ1) is 23.7. The van der Waals surface area contributed by atoms with Crippen molar-refractivity contribution in [2.45, 2.75) is 89.8 Å². The van der Waals surface area contributed by atoms with Crippen molar-refractivity contribution in [2.75, 3.05) is 26.2 Å². The van der Waals surface area contributed by atoms with Gasteiger partial charge in [0, 0.05) is 51.6 Å². The van der Waals surface area contributed by atoms with E-state index >= 15 is 0 Å². The van der Waals surface area contributed by atoms with E-state index in [9.17, 15) is 19.5 Å². The summed E-state index contributed by atoms with van der Waals surface area (Å²) in [5.41, 5.74) is 3.28. The summed E-state index contributed by atoms with van der Waals surface area (Å²) in [6.07, 6.45) is 7.31. The smallest absolute Gasteiger partial charge is 0.281 e. The Morgan fingerprint density at radius 1 is 0.980 bits per heavy atom. The van der Waals surface area contributed by atoms with E-state index in [0.717, 1.165) is 54.6 Å². The molecular weight excluding hydrogens is 618 g/mol. The van der Waals surface area contributed by atoms with Gasteiger partial charge in [0.25, 0.3) is 5.56 Å². The minimum Gasteiger partial charge on any atom is -0.388 e. The standard InChI is InChI=1S/C38H51N7O4/c1-4-5-7-13-32(46)40-21-10-20-39-25-29-14-16-31(17-15-29)36-34-35(42-43(36)3)37(48)45(27-41-34)26-38(49)18-22-44(23-19-38)33(47)24-28(2)30-11-8-6-9-12-30/h6,8-9,11-12,14-17,27-28,39,49H,4-5,7,10,13,18-26H2,1-3H3,(H,40,46). The first-order valence-corrected chi connectivity index (χ1v) is 17.7. The summed E-state index contributed by atoms with van der Waals surface area (Å²) < 4.78 is 3.13. The summed E-state index contributed by atoms with van der Waals surface area (Å²) in [5.74, 6) is 0.331. The highest BCUT2D eigenvalue weighted by Crippen LogP contribution is 2.28. The maximum Gasteiger partial charge on any atom is 0.281 e. The Bertz CT molecular complexity index is 1740. The minimum absolute atomic E-state index is 0.0825. The maximum absolute atomic E-state index is 13.6. The number of rotatable bonds is 16. The molecule has 0 saturated carbocycles. The third kappa shape index (κ3) is 9.42. The fraction of sp³-hybridized carbons (Fsp3) is 0.500. The van der Waals surface area contributed by atoms with Gasteiger partial charge in [0.2, 0.25) is 11.8 Å². The summed E-state index contributed by atoms with van der Waals surface area (Å²) in [7, 11) is 1.80. The molecule has 11 nitrogen and oxygen atoms in total. The Hall–Kier alpha value is -4.35. The van der Waals surface area contributed by atoms with E-state index in [2.05, 4.69) is 34.6 Å². The lowest BCUT2D eigenvalue weighted by molar-refractivity contribution is -0.136. The van der Waals surface area contributed by atoms with Gasteiger partial charge in [-0.15, -0.1) is 0 Å². The van der Waals surface area contributed by atoms with E-state index in [-0.39, 0.29) is 35.4 Å². The molecule has 1 aliphatic heterocycles. The van der Waals surface area contributed by atoms with E-state index in [1.54, 1.807) is 11.7 Å². The zero-order valence-corrected chi connectivity index (χ0v) is 29.2. The molecule has 2 amide bonds. The largest absolute Gasteiger partial charge is 0.388 e. The fourth-order valence-electron chi connectivity index (χ4n) is 6.55. The van der Waals surface area contributed by atoms with Crippen molar-refractivity contribution >= 4 is 22.8 Å². The number of carbonyl (C=O) groups excluding carboxylic acids is 2. The summed E-state index contributed by atoms with van der Waals surface area (Å²) in [5, 5.41) is 22.4. The molecule has 1 saturated heterocycles. The number of nitrogens with zero attached hydrogens (tertiary/aromatic N) is 5. The molecule has 3 heterocycles. The number of likely N-dealkylation sites (tertiary alicyclic amines) is 1. The average Bonchev–Trinajstić information content (AvgIpc) is 3.45. The van der Waals surface area contributed by atoms with Gasteiger partial charge in [0.1, 0.15) is 5.52 Å². The molecule has 2 aromatic heterocycles. The summed E-state index contributed by atoms with van der Waals surface area (Å²) in [6, 6.07) is 18.1. The molecule has 11 heteroatoms. The fourth-order valence-corrected chi connectivity index (χ4v) is 6.55. The molecule has 1 fully saturated rings. The summed E-state index contributed by atoms with van der Waals surface area (Å²) in [4.78, 5) is 44.9. The number of aryl methyl sites for hydroxylation is 1. The molecule has 0 radical (unpaired) electrons. The molecule has 2 aromatic carbocycles. The van der Waals surface area contributed by atoms with Gasteiger partial charge in [-0.3, -0.25) is 23.6 Å². The highest BCUT2D eigenvalue weighted by Gasteiger charge is 2.35. The minimum atomic E-state index is -1.12. The number of unbranched alkanes of at least 4 members (excludes halogenated alkanes) is 2. The van der Waals surface area contributed by atoms with Gasteiger partial charge < -0.3 is 20.6 Å². The maximum atomic E-state index is 13.6. The lowest BCUT2D eigenvalue weighted by Crippen LogP contribution is -2.49. The Labute approximate surface area is 288 Å². The normalized spacial score (nSPS) is 15.0. The van der Waals surface area contributed by atoms with Crippen LogP contribution in [0.5, 0.6) is 0 Å². The topological polar surface area (TPSA) is 134 Å². The second-order valence-corrected chi connectivity index (χ2v) is 13.5. The number of hydrogen-bond donors (Lipinski definition) is 3. The number of nitrogens with one attached hydrogen (secondary N) is 2. The van der Waals surface area contributed by atoms with Crippen molar-refractivity contribution < 1.29 is 14.7 Å². The quantitative estimate of drug-likeness (QED) is 0.149. The Morgan fingerprint density at radius 3 is 2.43 bits per heavy atom. The zero-order chi connectivity index (χ0) is 34.8. The number of hydrogen-bond acceptors (Lipinski definition) is 7. The number of piperidine rings is 1. The number of amides is 2. The van der Waals surface area contributed by atoms with Crippen LogP contribution in [-0.4, -0.2) is 72.9 Å². The SMILES string of the molecule is CCCCCC(=O)NCCCNCc1ccc(-c2c3ncn(CC4(O)CCN(C(=O)CC(C)c5ccccc5)CC4)c(=O)c3nn2C)cc1. The monoisotopic (exact) mass is 669 g/mol. The Balaban J connectivity index is 1.13. The first kappa shape index (κ1) is 35.9. The number of carbonyl (C=O) groups is 2. The molecular formula is C38H51N7O4. The van der Waals surface area contributed by atoms with Crippen LogP contribution in [-0.2, 0) is 29.7 Å². The number of aliphatic hydroxyl groups is 1. The second kappa shape index (κ2) is 16.8. The Kier molecular flexibility index (Phi) is 12.4. The zero-order valence-electron chi connectivity index (χ0n) is 29.2. The molecule has 5 rings (SSSR count). The van der Waals surface area contributed by atoms with Gasteiger partial charge in [-0.2, -0.15) is 5.10 Å². The van der Waals surface area contributed by atoms with Crippen molar-refractivity contribution in [1.29, 1.82) is 0 Å². The van der Waals surface area contributed by atoms with Gasteiger partial charge in [-0.05, 0) is 49.3 Å². The third-order valence-electron chi connectivity index (χ3n) is 9.59. The molecule has 49 heavy (non-hydrogen) atoms. The molecule has 4 aromatic rings. The van der Waals surface area contributed by atoms with Crippen LogP contribution < -0.4 is 16.2 Å². The molecule has 1 unspecified atom stereocenters. The van der Waals surface area contributed by atoms with Crippen molar-refractivity contribution in [3.63, 3.8) is 0 Å². The van der Waals surface area contributed by atoms with Crippen LogP contribution in [0.4, 0.5) is 0 Å². The molecule has 0 bridgehead atoms. The lowest BCUT2D eigenvalue weighted by atomic mass is 9.90. The van der Waals surface area contributed by atoms with Crippen LogP contribution in [0.1, 0.15) is 82.3 Å². The Morgan fingerprint density at radius 2 is 1.71 bits per heavy atom. The number of fused-ring (bicyclic) bond motifs is 1. The molecule has 1 atom stereocenters. The van der Waals surface area contributed by atoms with Gasteiger partial charge in [0.15, 0.2) is 5.52 Å². The highest BCUT2D eigenvalue weighted by atomic mass is 16.3. The second-order valence-electron chi connectivity index (χ2n) is 13.5. The molecule has 262 valence electrons. The predicted octanol–water partition coefficient (Wildman–Crippen LogP) is 4.52. The van der Waals surface area contributed by atoms with Gasteiger partial charge in [0.05, 0.1) is 24.2 Å². The molecule has 3 N–H and O–H groups in total. The average molecular weight is 670 g/mol. The van der Waals surface area contributed by atoms with Crippen LogP contribution in [0.3, 0.4) is 0 Å². The van der Waals surface area contributed by atoms with E-state index < -0.39 is 5.60 Å². The number of aromatic nitrogens is 4.